The van der Waals surface area contributed by atoms with Crippen LogP contribution < -0.4 is 0 Å². The molecule has 4 rings (SSSR count). The van der Waals surface area contributed by atoms with Crippen LogP contribution in [0, 0.1) is 5.41 Å². The van der Waals surface area contributed by atoms with Gasteiger partial charge in [0.1, 0.15) is 17.1 Å². The highest BCUT2D eigenvalue weighted by atomic mass is 16.5. The zero-order valence-corrected chi connectivity index (χ0v) is 16.7. The van der Waals surface area contributed by atoms with Crippen molar-refractivity contribution in [2.45, 2.75) is 46.1 Å². The molecule has 0 spiro atoms. The van der Waals surface area contributed by atoms with Gasteiger partial charge >= 0.3 is 0 Å². The van der Waals surface area contributed by atoms with E-state index in [0.717, 1.165) is 24.4 Å². The second kappa shape index (κ2) is 6.69. The van der Waals surface area contributed by atoms with E-state index in [1.807, 2.05) is 0 Å². The largest absolute Gasteiger partial charge is 0.461 e. The minimum Gasteiger partial charge on any atom is -0.461 e. The molecule has 0 saturated heterocycles. The molecule has 1 aliphatic heterocycles. The Balaban J connectivity index is 2.00. The Bertz CT molecular complexity index is 899. The first kappa shape index (κ1) is 18.1. The first-order valence-electron chi connectivity index (χ1n) is 9.88. The van der Waals surface area contributed by atoms with Crippen molar-refractivity contribution in [2.24, 2.45) is 5.41 Å². The number of hydrogen-bond acceptors (Lipinski definition) is 2. The number of hydrogen-bond donors (Lipinski definition) is 0. The summed E-state index contributed by atoms with van der Waals surface area (Å²) in [5, 5.41) is 0. The van der Waals surface area contributed by atoms with E-state index in [0.29, 0.717) is 6.61 Å². The molecule has 1 unspecified atom stereocenters. The molecule has 0 N–H and O–H groups in total. The molecule has 2 heteroatoms. The van der Waals surface area contributed by atoms with Crippen molar-refractivity contribution in [3.05, 3.63) is 88.7 Å². The standard InChI is InChI=1S/C25H28O2/c1-5-26-25(19-12-7-6-8-13-19)17-22(24(2,3)4)27-23-20-14-10-9-11-18(20)15-16-21(23)25/h6-14,17H,5,15-16H2,1-4H3. The molecule has 27 heavy (non-hydrogen) atoms. The lowest BCUT2D eigenvalue weighted by Gasteiger charge is -2.43. The van der Waals surface area contributed by atoms with E-state index >= 15 is 0 Å². The molecule has 0 fully saturated rings. The second-order valence-corrected chi connectivity index (χ2v) is 8.36. The van der Waals surface area contributed by atoms with Crippen molar-refractivity contribution >= 4 is 5.76 Å². The molecule has 2 aromatic carbocycles. The topological polar surface area (TPSA) is 18.5 Å². The summed E-state index contributed by atoms with van der Waals surface area (Å²) in [7, 11) is 0. The Hall–Kier alpha value is -2.32. The average molecular weight is 360 g/mol. The molecule has 2 nitrogen and oxygen atoms in total. The lowest BCUT2D eigenvalue weighted by Crippen LogP contribution is -2.37. The molecule has 1 atom stereocenters. The molecule has 2 aromatic rings. The second-order valence-electron chi connectivity index (χ2n) is 8.36. The first-order chi connectivity index (χ1) is 13.0. The minimum absolute atomic E-state index is 0.109. The smallest absolute Gasteiger partial charge is 0.140 e. The Morgan fingerprint density at radius 1 is 0.963 bits per heavy atom. The van der Waals surface area contributed by atoms with Crippen LogP contribution in [-0.2, 0) is 21.5 Å². The van der Waals surface area contributed by atoms with Crippen LogP contribution in [0.15, 0.2) is 72.0 Å². The maximum atomic E-state index is 6.57. The van der Waals surface area contributed by atoms with E-state index in [1.165, 1.54) is 22.3 Å². The Labute approximate surface area is 162 Å². The highest BCUT2D eigenvalue weighted by molar-refractivity contribution is 5.73. The number of rotatable bonds is 3. The summed E-state index contributed by atoms with van der Waals surface area (Å²) in [6.45, 7) is 9.30. The van der Waals surface area contributed by atoms with E-state index in [1.54, 1.807) is 0 Å². The van der Waals surface area contributed by atoms with E-state index in [9.17, 15) is 0 Å². The van der Waals surface area contributed by atoms with Crippen molar-refractivity contribution in [1.82, 2.24) is 0 Å². The van der Waals surface area contributed by atoms with E-state index in [2.05, 4.69) is 88.4 Å². The zero-order valence-electron chi connectivity index (χ0n) is 16.7. The van der Waals surface area contributed by atoms with Gasteiger partial charge in [0.05, 0.1) is 0 Å². The van der Waals surface area contributed by atoms with Crippen LogP contribution in [0.25, 0.3) is 5.76 Å². The fourth-order valence-corrected chi connectivity index (χ4v) is 4.13. The summed E-state index contributed by atoms with van der Waals surface area (Å²) in [6, 6.07) is 19.2. The first-order valence-corrected chi connectivity index (χ1v) is 9.88. The molecular weight excluding hydrogens is 332 g/mol. The molecule has 140 valence electrons. The summed E-state index contributed by atoms with van der Waals surface area (Å²) in [6.07, 6.45) is 4.17. The van der Waals surface area contributed by atoms with Crippen molar-refractivity contribution in [3.63, 3.8) is 0 Å². The van der Waals surface area contributed by atoms with Crippen molar-refractivity contribution in [1.29, 1.82) is 0 Å². The lowest BCUT2D eigenvalue weighted by molar-refractivity contribution is 0.0108. The van der Waals surface area contributed by atoms with Gasteiger partial charge in [-0.1, -0.05) is 75.4 Å². The molecule has 0 bridgehead atoms. The van der Waals surface area contributed by atoms with Crippen LogP contribution in [0.2, 0.25) is 0 Å². The van der Waals surface area contributed by atoms with Crippen LogP contribution >= 0.6 is 0 Å². The molecule has 0 aromatic heterocycles. The number of fused-ring (bicyclic) bond motifs is 2. The highest BCUT2D eigenvalue weighted by Crippen LogP contribution is 2.51. The number of aryl methyl sites for hydroxylation is 1. The van der Waals surface area contributed by atoms with Crippen molar-refractivity contribution in [2.75, 3.05) is 6.61 Å². The number of benzene rings is 2. The predicted molar refractivity (Wildman–Crippen MR) is 110 cm³/mol. The van der Waals surface area contributed by atoms with Gasteiger partial charge in [0.2, 0.25) is 0 Å². The summed E-state index contributed by atoms with van der Waals surface area (Å²) in [5.74, 6) is 1.96. The molecule has 0 saturated carbocycles. The Kier molecular flexibility index (Phi) is 4.47. The molecule has 1 aliphatic carbocycles. The number of allylic oxidation sites excluding steroid dienone is 1. The fraction of sp³-hybridized carbons (Fsp3) is 0.360. The molecular formula is C25H28O2. The van der Waals surface area contributed by atoms with Gasteiger partial charge in [-0.2, -0.15) is 0 Å². The normalized spacial score (nSPS) is 21.9. The van der Waals surface area contributed by atoms with Gasteiger partial charge in [-0.15, -0.1) is 0 Å². The third-order valence-corrected chi connectivity index (χ3v) is 5.49. The predicted octanol–water partition coefficient (Wildman–Crippen LogP) is 6.24. The summed E-state index contributed by atoms with van der Waals surface area (Å²) >= 11 is 0. The summed E-state index contributed by atoms with van der Waals surface area (Å²) in [4.78, 5) is 0. The molecule has 0 amide bonds. The molecule has 1 heterocycles. The fourth-order valence-electron chi connectivity index (χ4n) is 4.13. The summed E-state index contributed by atoms with van der Waals surface area (Å²) < 4.78 is 13.1. The average Bonchev–Trinajstić information content (AvgIpc) is 2.68. The van der Waals surface area contributed by atoms with E-state index < -0.39 is 5.60 Å². The summed E-state index contributed by atoms with van der Waals surface area (Å²) in [5.41, 5.74) is 4.28. The third-order valence-electron chi connectivity index (χ3n) is 5.49. The Morgan fingerprint density at radius 3 is 2.37 bits per heavy atom. The van der Waals surface area contributed by atoms with Crippen LogP contribution in [0.4, 0.5) is 0 Å². The van der Waals surface area contributed by atoms with Crippen LogP contribution in [0.5, 0.6) is 0 Å². The zero-order chi connectivity index (χ0) is 19.1. The minimum atomic E-state index is -0.570. The van der Waals surface area contributed by atoms with Gasteiger partial charge in [0.15, 0.2) is 0 Å². The van der Waals surface area contributed by atoms with Crippen LogP contribution in [0.3, 0.4) is 0 Å². The van der Waals surface area contributed by atoms with E-state index in [-0.39, 0.29) is 5.41 Å². The van der Waals surface area contributed by atoms with Crippen molar-refractivity contribution in [3.8, 4) is 0 Å². The van der Waals surface area contributed by atoms with Gasteiger partial charge < -0.3 is 9.47 Å². The van der Waals surface area contributed by atoms with Gasteiger partial charge in [-0.3, -0.25) is 0 Å². The van der Waals surface area contributed by atoms with Gasteiger partial charge in [0.25, 0.3) is 0 Å². The SMILES string of the molecule is CCOC1(c2ccccc2)C=C(C(C)(C)C)OC2=C1CCc1ccccc12. The van der Waals surface area contributed by atoms with Gasteiger partial charge in [-0.05, 0) is 37.0 Å². The molecule has 2 aliphatic rings. The van der Waals surface area contributed by atoms with Crippen LogP contribution in [0.1, 0.15) is 50.8 Å². The maximum Gasteiger partial charge on any atom is 0.140 e. The maximum absolute atomic E-state index is 6.57. The quantitative estimate of drug-likeness (QED) is 0.645. The van der Waals surface area contributed by atoms with E-state index in [4.69, 9.17) is 9.47 Å². The van der Waals surface area contributed by atoms with Crippen molar-refractivity contribution < 1.29 is 9.47 Å². The van der Waals surface area contributed by atoms with Gasteiger partial charge in [-0.25, -0.2) is 0 Å². The number of ether oxygens (including phenoxy) is 2. The van der Waals surface area contributed by atoms with Crippen LogP contribution in [-0.4, -0.2) is 6.61 Å². The third kappa shape index (κ3) is 3.02. The highest BCUT2D eigenvalue weighted by Gasteiger charge is 2.45. The molecule has 0 radical (unpaired) electrons. The lowest BCUT2D eigenvalue weighted by atomic mass is 9.74. The van der Waals surface area contributed by atoms with Gasteiger partial charge in [0, 0.05) is 23.2 Å². The monoisotopic (exact) mass is 360 g/mol. The Morgan fingerprint density at radius 2 is 1.67 bits per heavy atom.